The molecule has 0 saturated carbocycles. The van der Waals surface area contributed by atoms with Gasteiger partial charge in [-0.1, -0.05) is 23.2 Å². The zero-order chi connectivity index (χ0) is 19.2. The maximum atomic E-state index is 12.7. The van der Waals surface area contributed by atoms with Gasteiger partial charge in [-0.3, -0.25) is 9.36 Å². The fourth-order valence-electron chi connectivity index (χ4n) is 1.72. The molecule has 1 heterocycles. The van der Waals surface area contributed by atoms with Crippen LogP contribution in [-0.2, 0) is 19.4 Å². The molecule has 2 rings (SSSR count). The van der Waals surface area contributed by atoms with Gasteiger partial charge in [-0.25, -0.2) is 0 Å². The Kier molecular flexibility index (Phi) is 4.92. The Morgan fingerprint density at radius 2 is 1.52 bits per heavy atom. The van der Waals surface area contributed by atoms with Crippen molar-refractivity contribution in [2.45, 2.75) is 12.4 Å². The molecule has 136 valence electrons. The molecular weight excluding hydrogens is 401 g/mol. The normalized spacial score (nSPS) is 12.4. The van der Waals surface area contributed by atoms with Gasteiger partial charge in [-0.15, -0.1) is 10.2 Å². The van der Waals surface area contributed by atoms with E-state index in [0.29, 0.717) is 16.7 Å². The van der Waals surface area contributed by atoms with Crippen molar-refractivity contribution in [3.05, 3.63) is 43.8 Å². The lowest BCUT2D eigenvalue weighted by atomic mass is 10.2. The lowest BCUT2D eigenvalue weighted by Gasteiger charge is -2.15. The summed E-state index contributed by atoms with van der Waals surface area (Å²) in [7, 11) is 0.959. The average molecular weight is 407 g/mol. The summed E-state index contributed by atoms with van der Waals surface area (Å²) in [6.07, 6.45) is -9.71. The van der Waals surface area contributed by atoms with Crippen LogP contribution in [0, 0.1) is 0 Å². The Labute approximate surface area is 145 Å². The lowest BCUT2D eigenvalue weighted by molar-refractivity contribution is -0.143. The highest BCUT2D eigenvalue weighted by Crippen LogP contribution is 2.39. The van der Waals surface area contributed by atoms with Crippen molar-refractivity contribution < 1.29 is 26.3 Å². The first-order chi connectivity index (χ1) is 11.3. The summed E-state index contributed by atoms with van der Waals surface area (Å²) in [5, 5.41) is 7.32. The Morgan fingerprint density at radius 1 is 1.00 bits per heavy atom. The van der Waals surface area contributed by atoms with Crippen molar-refractivity contribution in [3.63, 3.8) is 0 Å². The smallest absolute Gasteiger partial charge is 0.322 e. The maximum Gasteiger partial charge on any atom is 0.440 e. The van der Waals surface area contributed by atoms with Crippen LogP contribution in [0.25, 0.3) is 0 Å². The van der Waals surface area contributed by atoms with Crippen molar-refractivity contribution in [2.75, 3.05) is 5.32 Å². The quantitative estimate of drug-likeness (QED) is 0.756. The molecule has 0 unspecified atom stereocenters. The first-order valence-electron chi connectivity index (χ1n) is 6.16. The van der Waals surface area contributed by atoms with Gasteiger partial charge in [0.2, 0.25) is 11.6 Å². The van der Waals surface area contributed by atoms with E-state index in [1.807, 2.05) is 0 Å². The van der Waals surface area contributed by atoms with Gasteiger partial charge in [0.1, 0.15) is 0 Å². The molecular formula is C12H6Cl2F6N4O. The molecule has 0 aliphatic heterocycles. The van der Waals surface area contributed by atoms with Gasteiger partial charge in [-0.2, -0.15) is 26.3 Å². The number of benzene rings is 1. The van der Waals surface area contributed by atoms with Gasteiger partial charge in [0.15, 0.2) is 0 Å². The van der Waals surface area contributed by atoms with Gasteiger partial charge >= 0.3 is 12.4 Å². The van der Waals surface area contributed by atoms with Gasteiger partial charge in [0, 0.05) is 7.05 Å². The fraction of sp³-hybridized carbons (Fsp3) is 0.250. The minimum absolute atomic E-state index is 0.277. The number of rotatable bonds is 2. The molecule has 0 fully saturated rings. The third-order valence-corrected chi connectivity index (χ3v) is 3.54. The standard InChI is InChI=1S/C12H6Cl2F6N4O/c1-24-9(25)8(12(18,19)20)22-23-10(24)21-7-5(13)2-4(3-6(7)14)11(15,16)17/h2-3H,1H3,(H,21,23). The first kappa shape index (κ1) is 19.3. The molecule has 0 aliphatic rings. The van der Waals surface area contributed by atoms with E-state index in [4.69, 9.17) is 23.2 Å². The molecule has 25 heavy (non-hydrogen) atoms. The molecule has 5 nitrogen and oxygen atoms in total. The summed E-state index contributed by atoms with van der Waals surface area (Å²) >= 11 is 11.4. The molecule has 1 aromatic heterocycles. The van der Waals surface area contributed by atoms with E-state index in [1.54, 1.807) is 0 Å². The van der Waals surface area contributed by atoms with E-state index in [9.17, 15) is 31.1 Å². The molecule has 0 spiro atoms. The highest BCUT2D eigenvalue weighted by Gasteiger charge is 2.38. The van der Waals surface area contributed by atoms with E-state index in [1.165, 1.54) is 0 Å². The minimum Gasteiger partial charge on any atom is -0.322 e. The number of hydrogen-bond donors (Lipinski definition) is 1. The third kappa shape index (κ3) is 3.98. The molecule has 0 amide bonds. The van der Waals surface area contributed by atoms with Crippen molar-refractivity contribution in [1.82, 2.24) is 14.8 Å². The highest BCUT2D eigenvalue weighted by atomic mass is 35.5. The summed E-state index contributed by atoms with van der Waals surface area (Å²) in [5.74, 6) is -0.499. The van der Waals surface area contributed by atoms with Gasteiger partial charge in [0.05, 0.1) is 21.3 Å². The summed E-state index contributed by atoms with van der Waals surface area (Å²) in [6, 6.07) is 1.12. The molecule has 2 aromatic rings. The second-order valence-corrected chi connectivity index (χ2v) is 5.49. The Balaban J connectivity index is 2.48. The summed E-state index contributed by atoms with van der Waals surface area (Å²) in [4.78, 5) is 11.7. The van der Waals surface area contributed by atoms with E-state index < -0.39 is 45.2 Å². The maximum absolute atomic E-state index is 12.7. The monoisotopic (exact) mass is 406 g/mol. The molecule has 0 saturated heterocycles. The summed E-state index contributed by atoms with van der Waals surface area (Å²) in [6.45, 7) is 0. The van der Waals surface area contributed by atoms with E-state index in [2.05, 4.69) is 15.5 Å². The van der Waals surface area contributed by atoms with Crippen LogP contribution < -0.4 is 10.9 Å². The highest BCUT2D eigenvalue weighted by molar-refractivity contribution is 6.39. The van der Waals surface area contributed by atoms with Crippen LogP contribution in [0.1, 0.15) is 11.3 Å². The third-order valence-electron chi connectivity index (χ3n) is 2.94. The number of anilines is 2. The molecule has 0 aliphatic carbocycles. The number of alkyl halides is 6. The average Bonchev–Trinajstić information content (AvgIpc) is 2.44. The second-order valence-electron chi connectivity index (χ2n) is 4.67. The molecule has 0 atom stereocenters. The Bertz CT molecular complexity index is 854. The van der Waals surface area contributed by atoms with Crippen LogP contribution >= 0.6 is 23.2 Å². The Hall–Kier alpha value is -2.01. The second kappa shape index (κ2) is 6.37. The lowest BCUT2D eigenvalue weighted by Crippen LogP contribution is -2.31. The Morgan fingerprint density at radius 3 is 1.96 bits per heavy atom. The molecule has 13 heteroatoms. The summed E-state index contributed by atoms with van der Waals surface area (Å²) < 4.78 is 76.2. The zero-order valence-corrected chi connectivity index (χ0v) is 13.4. The van der Waals surface area contributed by atoms with Crippen LogP contribution in [0.4, 0.5) is 38.0 Å². The number of aromatic nitrogens is 3. The van der Waals surface area contributed by atoms with Crippen LogP contribution in [0.15, 0.2) is 16.9 Å². The minimum atomic E-state index is -5.01. The first-order valence-corrected chi connectivity index (χ1v) is 6.92. The predicted molar refractivity (Wildman–Crippen MR) is 77.0 cm³/mol. The van der Waals surface area contributed by atoms with Crippen molar-refractivity contribution in [1.29, 1.82) is 0 Å². The van der Waals surface area contributed by atoms with Crippen molar-refractivity contribution >= 4 is 34.8 Å². The largest absolute Gasteiger partial charge is 0.440 e. The molecule has 0 bridgehead atoms. The molecule has 1 N–H and O–H groups in total. The summed E-state index contributed by atoms with van der Waals surface area (Å²) in [5.41, 5.74) is -4.66. The molecule has 1 aromatic carbocycles. The van der Waals surface area contributed by atoms with Gasteiger partial charge in [0.25, 0.3) is 5.56 Å². The van der Waals surface area contributed by atoms with Crippen LogP contribution in [-0.4, -0.2) is 14.8 Å². The van der Waals surface area contributed by atoms with E-state index in [-0.39, 0.29) is 5.69 Å². The van der Waals surface area contributed by atoms with Crippen molar-refractivity contribution in [3.8, 4) is 0 Å². The van der Waals surface area contributed by atoms with Gasteiger partial charge < -0.3 is 5.32 Å². The number of nitrogens with zero attached hydrogens (tertiary/aromatic N) is 3. The number of nitrogens with one attached hydrogen (secondary N) is 1. The predicted octanol–water partition coefficient (Wildman–Crippen LogP) is 4.26. The van der Waals surface area contributed by atoms with E-state index >= 15 is 0 Å². The molecule has 0 radical (unpaired) electrons. The van der Waals surface area contributed by atoms with E-state index in [0.717, 1.165) is 7.05 Å². The fourth-order valence-corrected chi connectivity index (χ4v) is 2.30. The van der Waals surface area contributed by atoms with Crippen molar-refractivity contribution in [2.24, 2.45) is 7.05 Å². The van der Waals surface area contributed by atoms with Crippen LogP contribution in [0.5, 0.6) is 0 Å². The van der Waals surface area contributed by atoms with Gasteiger partial charge in [-0.05, 0) is 12.1 Å². The zero-order valence-electron chi connectivity index (χ0n) is 11.9. The van der Waals surface area contributed by atoms with Crippen LogP contribution in [0.3, 0.4) is 0 Å². The van der Waals surface area contributed by atoms with Crippen LogP contribution in [0.2, 0.25) is 10.0 Å². The SMILES string of the molecule is Cn1c(Nc2c(Cl)cc(C(F)(F)F)cc2Cl)nnc(C(F)(F)F)c1=O. The number of halogens is 8. The number of hydrogen-bond acceptors (Lipinski definition) is 4. The topological polar surface area (TPSA) is 59.8 Å².